The van der Waals surface area contributed by atoms with Crippen LogP contribution in [0.1, 0.15) is 18.4 Å². The Labute approximate surface area is 139 Å². The summed E-state index contributed by atoms with van der Waals surface area (Å²) in [6.07, 6.45) is 6.15. The maximum absolute atomic E-state index is 12.1. The SMILES string of the molecule is O=C(COC(=O)[C@H]1C[C@@H]2C=C[C@H]1C2)NCc1ccc2c(c1)OCO2. The number of benzene rings is 1. The van der Waals surface area contributed by atoms with Crippen LogP contribution in [-0.4, -0.2) is 25.3 Å². The van der Waals surface area contributed by atoms with Crippen LogP contribution in [0.5, 0.6) is 11.5 Å². The van der Waals surface area contributed by atoms with Gasteiger partial charge < -0.3 is 19.5 Å². The number of ether oxygens (including phenoxy) is 3. The molecule has 1 saturated carbocycles. The number of carbonyl (C=O) groups excluding carboxylic acids is 2. The van der Waals surface area contributed by atoms with E-state index in [-0.39, 0.29) is 31.2 Å². The molecule has 0 unspecified atom stereocenters. The summed E-state index contributed by atoms with van der Waals surface area (Å²) in [5.74, 6) is 1.54. The molecule has 0 aromatic heterocycles. The van der Waals surface area contributed by atoms with Crippen LogP contribution in [0.4, 0.5) is 0 Å². The highest BCUT2D eigenvalue weighted by atomic mass is 16.7. The zero-order valence-corrected chi connectivity index (χ0v) is 13.2. The molecule has 2 bridgehead atoms. The van der Waals surface area contributed by atoms with E-state index in [1.165, 1.54) is 0 Å². The predicted octanol–water partition coefficient (Wildman–Crippen LogP) is 1.79. The first-order valence-corrected chi connectivity index (χ1v) is 8.19. The summed E-state index contributed by atoms with van der Waals surface area (Å²) in [6.45, 7) is 0.337. The highest BCUT2D eigenvalue weighted by Crippen LogP contribution is 2.43. The molecule has 6 nitrogen and oxygen atoms in total. The van der Waals surface area contributed by atoms with Crippen LogP contribution < -0.4 is 14.8 Å². The van der Waals surface area contributed by atoms with Crippen molar-refractivity contribution in [2.24, 2.45) is 17.8 Å². The van der Waals surface area contributed by atoms with Crippen molar-refractivity contribution in [3.05, 3.63) is 35.9 Å². The highest BCUT2D eigenvalue weighted by molar-refractivity contribution is 5.81. The largest absolute Gasteiger partial charge is 0.455 e. The molecule has 126 valence electrons. The number of fused-ring (bicyclic) bond motifs is 3. The molecule has 24 heavy (non-hydrogen) atoms. The van der Waals surface area contributed by atoms with Crippen LogP contribution in [0.3, 0.4) is 0 Å². The third-order valence-electron chi connectivity index (χ3n) is 4.85. The molecule has 4 rings (SSSR count). The van der Waals surface area contributed by atoms with Gasteiger partial charge in [0.15, 0.2) is 18.1 Å². The standard InChI is InChI=1S/C18H19NO5/c20-17(9-22-18(21)14-6-11-1-3-13(14)5-11)19-8-12-2-4-15-16(7-12)24-10-23-15/h1-4,7,11,13-14H,5-6,8-10H2,(H,19,20)/t11-,13+,14+/m1/s1. The first-order chi connectivity index (χ1) is 11.7. The van der Waals surface area contributed by atoms with Crippen molar-refractivity contribution in [3.63, 3.8) is 0 Å². The van der Waals surface area contributed by atoms with E-state index in [4.69, 9.17) is 14.2 Å². The molecular weight excluding hydrogens is 310 g/mol. The van der Waals surface area contributed by atoms with E-state index in [2.05, 4.69) is 17.5 Å². The second kappa shape index (κ2) is 6.19. The van der Waals surface area contributed by atoms with Crippen molar-refractivity contribution in [3.8, 4) is 11.5 Å². The van der Waals surface area contributed by atoms with Gasteiger partial charge in [-0.05, 0) is 42.4 Å². The molecule has 1 aromatic carbocycles. The van der Waals surface area contributed by atoms with Crippen LogP contribution in [0.2, 0.25) is 0 Å². The van der Waals surface area contributed by atoms with Gasteiger partial charge in [-0.25, -0.2) is 0 Å². The van der Waals surface area contributed by atoms with Crippen LogP contribution >= 0.6 is 0 Å². The average molecular weight is 329 g/mol. The van der Waals surface area contributed by atoms with Crippen molar-refractivity contribution in [2.45, 2.75) is 19.4 Å². The smallest absolute Gasteiger partial charge is 0.310 e. The van der Waals surface area contributed by atoms with Gasteiger partial charge in [0.1, 0.15) is 0 Å². The van der Waals surface area contributed by atoms with Crippen LogP contribution in [0.15, 0.2) is 30.4 Å². The van der Waals surface area contributed by atoms with Gasteiger partial charge in [-0.15, -0.1) is 0 Å². The number of esters is 1. The Hall–Kier alpha value is -2.50. The van der Waals surface area contributed by atoms with Crippen molar-refractivity contribution in [1.29, 1.82) is 0 Å². The fraction of sp³-hybridized carbons (Fsp3) is 0.444. The molecule has 1 amide bonds. The van der Waals surface area contributed by atoms with Gasteiger partial charge in [0.05, 0.1) is 5.92 Å². The summed E-state index contributed by atoms with van der Waals surface area (Å²) in [4.78, 5) is 23.9. The fourth-order valence-electron chi connectivity index (χ4n) is 3.60. The normalized spacial score (nSPS) is 25.8. The molecule has 3 atom stereocenters. The number of carbonyl (C=O) groups is 2. The second-order valence-electron chi connectivity index (χ2n) is 6.46. The molecule has 1 aromatic rings. The van der Waals surface area contributed by atoms with Crippen molar-refractivity contribution in [1.82, 2.24) is 5.32 Å². The highest BCUT2D eigenvalue weighted by Gasteiger charge is 2.40. The van der Waals surface area contributed by atoms with Gasteiger partial charge in [-0.3, -0.25) is 9.59 Å². The number of amides is 1. The Bertz CT molecular complexity index is 699. The zero-order valence-electron chi connectivity index (χ0n) is 13.2. The minimum atomic E-state index is -0.306. The summed E-state index contributed by atoms with van der Waals surface area (Å²) >= 11 is 0. The van der Waals surface area contributed by atoms with E-state index in [1.807, 2.05) is 18.2 Å². The lowest BCUT2D eigenvalue weighted by atomic mass is 9.94. The third kappa shape index (κ3) is 2.96. The maximum atomic E-state index is 12.1. The van der Waals surface area contributed by atoms with Crippen molar-refractivity contribution < 1.29 is 23.8 Å². The topological polar surface area (TPSA) is 73.9 Å². The summed E-state index contributed by atoms with van der Waals surface area (Å²) in [6, 6.07) is 5.50. The Morgan fingerprint density at radius 1 is 1.17 bits per heavy atom. The number of nitrogens with one attached hydrogen (secondary N) is 1. The van der Waals surface area contributed by atoms with E-state index in [1.54, 1.807) is 0 Å². The van der Waals surface area contributed by atoms with Crippen molar-refractivity contribution >= 4 is 11.9 Å². The molecule has 1 N–H and O–H groups in total. The van der Waals surface area contributed by atoms with Gasteiger partial charge in [-0.1, -0.05) is 18.2 Å². The minimum Gasteiger partial charge on any atom is -0.455 e. The molecule has 6 heteroatoms. The molecule has 3 aliphatic rings. The van der Waals surface area contributed by atoms with E-state index in [9.17, 15) is 9.59 Å². The van der Waals surface area contributed by atoms with Gasteiger partial charge >= 0.3 is 5.97 Å². The summed E-state index contributed by atoms with van der Waals surface area (Å²) in [5, 5.41) is 2.74. The monoisotopic (exact) mass is 329 g/mol. The quantitative estimate of drug-likeness (QED) is 0.658. The molecule has 2 aliphatic carbocycles. The number of rotatable bonds is 5. The van der Waals surface area contributed by atoms with E-state index >= 15 is 0 Å². The number of hydrogen-bond donors (Lipinski definition) is 1. The van der Waals surface area contributed by atoms with Gasteiger partial charge in [0, 0.05) is 6.54 Å². The Balaban J connectivity index is 1.22. The summed E-state index contributed by atoms with van der Waals surface area (Å²) in [7, 11) is 0. The van der Waals surface area contributed by atoms with E-state index in [0.29, 0.717) is 29.9 Å². The van der Waals surface area contributed by atoms with Gasteiger partial charge in [0.2, 0.25) is 6.79 Å². The maximum Gasteiger partial charge on any atom is 0.310 e. The molecular formula is C18H19NO5. The molecule has 0 radical (unpaired) electrons. The molecule has 1 heterocycles. The predicted molar refractivity (Wildman–Crippen MR) is 84.2 cm³/mol. The van der Waals surface area contributed by atoms with Gasteiger partial charge in [-0.2, -0.15) is 0 Å². The first kappa shape index (κ1) is 15.1. The molecule has 1 aliphatic heterocycles. The average Bonchev–Trinajstić information content (AvgIpc) is 3.33. The van der Waals surface area contributed by atoms with E-state index in [0.717, 1.165) is 18.4 Å². The number of hydrogen-bond acceptors (Lipinski definition) is 5. The van der Waals surface area contributed by atoms with Gasteiger partial charge in [0.25, 0.3) is 5.91 Å². The van der Waals surface area contributed by atoms with E-state index < -0.39 is 0 Å². The Morgan fingerprint density at radius 2 is 2.04 bits per heavy atom. The Morgan fingerprint density at radius 3 is 2.83 bits per heavy atom. The third-order valence-corrected chi connectivity index (χ3v) is 4.85. The molecule has 0 saturated heterocycles. The van der Waals surface area contributed by atoms with Crippen molar-refractivity contribution in [2.75, 3.05) is 13.4 Å². The van der Waals surface area contributed by atoms with Crippen LogP contribution in [0.25, 0.3) is 0 Å². The lowest BCUT2D eigenvalue weighted by Gasteiger charge is -2.16. The first-order valence-electron chi connectivity index (χ1n) is 8.19. The zero-order chi connectivity index (χ0) is 16.5. The van der Waals surface area contributed by atoms with Crippen LogP contribution in [0, 0.1) is 17.8 Å². The molecule has 0 spiro atoms. The molecule has 1 fully saturated rings. The summed E-state index contributed by atoms with van der Waals surface area (Å²) < 4.78 is 15.7. The Kier molecular flexibility index (Phi) is 3.88. The lowest BCUT2D eigenvalue weighted by molar-refractivity contribution is -0.153. The summed E-state index contributed by atoms with van der Waals surface area (Å²) in [5.41, 5.74) is 0.900. The number of allylic oxidation sites excluding steroid dienone is 2. The lowest BCUT2D eigenvalue weighted by Crippen LogP contribution is -2.30. The van der Waals surface area contributed by atoms with Crippen LogP contribution in [-0.2, 0) is 20.9 Å². The fourth-order valence-corrected chi connectivity index (χ4v) is 3.60. The minimum absolute atomic E-state index is 0.0818. The second-order valence-corrected chi connectivity index (χ2v) is 6.46.